The number of halogens is 7. The van der Waals surface area contributed by atoms with Crippen molar-refractivity contribution in [3.8, 4) is 0 Å². The zero-order valence-electron chi connectivity index (χ0n) is 10.1. The summed E-state index contributed by atoms with van der Waals surface area (Å²) in [5.74, 6) is -14.8. The second-order valence-electron chi connectivity index (χ2n) is 3.55. The fraction of sp³-hybridized carbons (Fsp3) is 0.700. The molecule has 0 aliphatic carbocycles. The predicted molar refractivity (Wildman–Crippen MR) is 53.0 cm³/mol. The fourth-order valence-electron chi connectivity index (χ4n) is 1.04. The van der Waals surface area contributed by atoms with Gasteiger partial charge in [0.1, 0.15) is 0 Å². The monoisotopic (exact) mass is 295 g/mol. The topological polar surface area (TPSA) is 20.3 Å². The van der Waals surface area contributed by atoms with Crippen LogP contribution < -0.4 is 0 Å². The highest BCUT2D eigenvalue weighted by molar-refractivity contribution is 5.96. The van der Waals surface area contributed by atoms with Crippen LogP contribution in [0.3, 0.4) is 0 Å². The fourth-order valence-corrected chi connectivity index (χ4v) is 1.04. The van der Waals surface area contributed by atoms with Gasteiger partial charge in [0.05, 0.1) is 0 Å². The van der Waals surface area contributed by atoms with Gasteiger partial charge in [0, 0.05) is 25.4 Å². The number of nitrogens with zero attached hydrogens (tertiary/aromatic N) is 1. The first-order valence-electron chi connectivity index (χ1n) is 5.20. The molecule has 0 aromatic carbocycles. The molecule has 0 radical (unpaired) electrons. The third-order valence-electron chi connectivity index (χ3n) is 2.31. The molecule has 0 rings (SSSR count). The van der Waals surface area contributed by atoms with Crippen molar-refractivity contribution in [1.29, 1.82) is 0 Å². The minimum atomic E-state index is -6.50. The maximum atomic E-state index is 12.9. The van der Waals surface area contributed by atoms with Crippen molar-refractivity contribution in [3.63, 3.8) is 0 Å². The maximum absolute atomic E-state index is 12.9. The Hall–Kier alpha value is -1.28. The number of hydrogen-bond acceptors (Lipinski definition) is 2. The quantitative estimate of drug-likeness (QED) is 0.554. The Morgan fingerprint density at radius 2 is 1.42 bits per heavy atom. The largest absolute Gasteiger partial charge is 0.460 e. The van der Waals surface area contributed by atoms with Gasteiger partial charge >= 0.3 is 18.0 Å². The van der Waals surface area contributed by atoms with Crippen LogP contribution in [-0.2, 0) is 4.79 Å². The molecule has 0 amide bonds. The summed E-state index contributed by atoms with van der Waals surface area (Å²) in [5.41, 5.74) is 0. The van der Waals surface area contributed by atoms with Crippen LogP contribution in [0.4, 0.5) is 30.7 Å². The van der Waals surface area contributed by atoms with Crippen LogP contribution in [0.15, 0.2) is 12.3 Å². The molecule has 9 heteroatoms. The van der Waals surface area contributed by atoms with E-state index in [0.717, 1.165) is 6.20 Å². The number of alkyl halides is 7. The van der Waals surface area contributed by atoms with Crippen molar-refractivity contribution >= 4 is 5.78 Å². The molecular weight excluding hydrogens is 283 g/mol. The van der Waals surface area contributed by atoms with Gasteiger partial charge < -0.3 is 4.90 Å². The van der Waals surface area contributed by atoms with Crippen molar-refractivity contribution in [2.45, 2.75) is 31.9 Å². The average molecular weight is 295 g/mol. The average Bonchev–Trinajstić information content (AvgIpc) is 2.28. The van der Waals surface area contributed by atoms with Crippen LogP contribution in [0.1, 0.15) is 13.8 Å². The Bertz CT molecular complexity index is 344. The van der Waals surface area contributed by atoms with E-state index in [1.54, 1.807) is 13.8 Å². The van der Waals surface area contributed by atoms with Crippen LogP contribution >= 0.6 is 0 Å². The van der Waals surface area contributed by atoms with E-state index in [4.69, 9.17) is 0 Å². The number of hydrogen-bond donors (Lipinski definition) is 0. The Labute approximate surface area is 104 Å². The van der Waals surface area contributed by atoms with Crippen molar-refractivity contribution < 1.29 is 35.5 Å². The van der Waals surface area contributed by atoms with Gasteiger partial charge in [-0.25, -0.2) is 0 Å². The summed E-state index contributed by atoms with van der Waals surface area (Å²) in [7, 11) is 0. The summed E-state index contributed by atoms with van der Waals surface area (Å²) in [6.45, 7) is 3.73. The summed E-state index contributed by atoms with van der Waals surface area (Å²) in [5, 5.41) is 0. The number of ketones is 1. The number of carbonyl (C=O) groups excluding carboxylic acids is 1. The summed E-state index contributed by atoms with van der Waals surface area (Å²) < 4.78 is 86.1. The molecule has 0 aliphatic heterocycles. The van der Waals surface area contributed by atoms with E-state index < -0.39 is 23.8 Å². The van der Waals surface area contributed by atoms with E-state index >= 15 is 0 Å². The standard InChI is InChI=1S/C10H12F7NO/c1-3-18(4-2)6-5-7(19)8(11,12)9(13,14)10(15,16)17/h5-6H,3-4H2,1-2H3/b6-5+. The van der Waals surface area contributed by atoms with Gasteiger partial charge in [-0.05, 0) is 13.8 Å². The summed E-state index contributed by atoms with van der Waals surface area (Å²) in [6, 6.07) is 0. The van der Waals surface area contributed by atoms with Crippen molar-refractivity contribution in [2.24, 2.45) is 0 Å². The van der Waals surface area contributed by atoms with Crippen molar-refractivity contribution in [3.05, 3.63) is 12.3 Å². The summed E-state index contributed by atoms with van der Waals surface area (Å²) >= 11 is 0. The molecule has 0 bridgehead atoms. The predicted octanol–water partition coefficient (Wildman–Crippen LogP) is 3.24. The lowest BCUT2D eigenvalue weighted by Crippen LogP contribution is -2.55. The Morgan fingerprint density at radius 3 is 1.74 bits per heavy atom. The molecule has 0 unspecified atom stereocenters. The number of allylic oxidation sites excluding steroid dienone is 1. The van der Waals surface area contributed by atoms with Gasteiger partial charge in [0.15, 0.2) is 0 Å². The molecule has 0 heterocycles. The zero-order chi connectivity index (χ0) is 15.5. The lowest BCUT2D eigenvalue weighted by atomic mass is 10.1. The molecule has 0 aromatic rings. The molecule has 0 atom stereocenters. The number of rotatable bonds is 6. The Morgan fingerprint density at radius 1 is 1.00 bits per heavy atom. The molecular formula is C10H12F7NO. The van der Waals surface area contributed by atoms with E-state index in [-0.39, 0.29) is 19.2 Å². The highest BCUT2D eigenvalue weighted by atomic mass is 19.4. The third kappa shape index (κ3) is 3.60. The summed E-state index contributed by atoms with van der Waals surface area (Å²) in [6.07, 6.45) is -5.73. The molecule has 0 saturated heterocycles. The highest BCUT2D eigenvalue weighted by Gasteiger charge is 2.75. The maximum Gasteiger partial charge on any atom is 0.460 e. The lowest BCUT2D eigenvalue weighted by molar-refractivity contribution is -0.342. The van der Waals surface area contributed by atoms with Crippen LogP contribution in [0.2, 0.25) is 0 Å². The molecule has 0 aromatic heterocycles. The normalized spacial score (nSPS) is 13.9. The van der Waals surface area contributed by atoms with E-state index in [9.17, 15) is 35.5 Å². The first-order chi connectivity index (χ1) is 8.41. The zero-order valence-corrected chi connectivity index (χ0v) is 10.1. The Balaban J connectivity index is 5.17. The number of carbonyl (C=O) groups is 1. The van der Waals surface area contributed by atoms with E-state index in [0.29, 0.717) is 0 Å². The highest BCUT2D eigenvalue weighted by Crippen LogP contribution is 2.46. The van der Waals surface area contributed by atoms with Gasteiger partial charge in [0.2, 0.25) is 5.78 Å². The molecule has 0 saturated carbocycles. The van der Waals surface area contributed by atoms with Gasteiger partial charge in [0.25, 0.3) is 0 Å². The van der Waals surface area contributed by atoms with E-state index in [1.807, 2.05) is 0 Å². The van der Waals surface area contributed by atoms with Gasteiger partial charge in [-0.3, -0.25) is 4.79 Å². The molecule has 0 spiro atoms. The van der Waals surface area contributed by atoms with Gasteiger partial charge in [-0.15, -0.1) is 0 Å². The minimum absolute atomic E-state index is 0.0205. The molecule has 0 fully saturated rings. The molecule has 0 aliphatic rings. The van der Waals surface area contributed by atoms with Crippen LogP contribution in [-0.4, -0.2) is 41.8 Å². The molecule has 0 N–H and O–H groups in total. The first kappa shape index (κ1) is 17.7. The van der Waals surface area contributed by atoms with Crippen LogP contribution in [0.5, 0.6) is 0 Å². The van der Waals surface area contributed by atoms with E-state index in [2.05, 4.69) is 0 Å². The second-order valence-corrected chi connectivity index (χ2v) is 3.55. The van der Waals surface area contributed by atoms with E-state index in [1.165, 1.54) is 4.90 Å². The molecule has 112 valence electrons. The van der Waals surface area contributed by atoms with Gasteiger partial charge in [-0.2, -0.15) is 30.7 Å². The SMILES string of the molecule is CCN(/C=C/C(=O)C(F)(F)C(F)(F)C(F)(F)F)CC. The van der Waals surface area contributed by atoms with Crippen molar-refractivity contribution in [1.82, 2.24) is 4.90 Å². The van der Waals surface area contributed by atoms with Crippen LogP contribution in [0.25, 0.3) is 0 Å². The smallest absolute Gasteiger partial charge is 0.378 e. The molecule has 2 nitrogen and oxygen atoms in total. The third-order valence-corrected chi connectivity index (χ3v) is 2.31. The first-order valence-corrected chi connectivity index (χ1v) is 5.20. The van der Waals surface area contributed by atoms with Crippen molar-refractivity contribution in [2.75, 3.05) is 13.1 Å². The second kappa shape index (κ2) is 5.79. The minimum Gasteiger partial charge on any atom is -0.378 e. The lowest BCUT2D eigenvalue weighted by Gasteiger charge is -2.26. The van der Waals surface area contributed by atoms with Crippen LogP contribution in [0, 0.1) is 0 Å². The van der Waals surface area contributed by atoms with Gasteiger partial charge in [-0.1, -0.05) is 0 Å². The Kier molecular flexibility index (Phi) is 5.40. The summed E-state index contributed by atoms with van der Waals surface area (Å²) in [4.78, 5) is 12.1. The molecule has 19 heavy (non-hydrogen) atoms.